The molecule has 1 atom stereocenters. The van der Waals surface area contributed by atoms with Gasteiger partial charge < -0.3 is 5.32 Å². The zero-order valence-corrected chi connectivity index (χ0v) is 14.2. The molecule has 20 heavy (non-hydrogen) atoms. The molecular weight excluding hydrogens is 291 g/mol. The summed E-state index contributed by atoms with van der Waals surface area (Å²) < 4.78 is 0. The number of hydrogen-bond acceptors (Lipinski definition) is 2. The van der Waals surface area contributed by atoms with Crippen molar-refractivity contribution in [2.45, 2.75) is 32.7 Å². The third-order valence-electron chi connectivity index (χ3n) is 3.79. The first-order chi connectivity index (χ1) is 8.77. The molecule has 0 aromatic heterocycles. The minimum atomic E-state index is 0. The molecule has 0 unspecified atom stereocenters. The van der Waals surface area contributed by atoms with E-state index in [0.717, 1.165) is 19.0 Å². The summed E-state index contributed by atoms with van der Waals surface area (Å²) in [5.74, 6) is 0.791. The Balaban J connectivity index is 0.00000180. The van der Waals surface area contributed by atoms with Crippen LogP contribution in [0.5, 0.6) is 0 Å². The fourth-order valence-corrected chi connectivity index (χ4v) is 2.72. The van der Waals surface area contributed by atoms with Crippen LogP contribution in [0.25, 0.3) is 0 Å². The van der Waals surface area contributed by atoms with Gasteiger partial charge in [-0.2, -0.15) is 0 Å². The van der Waals surface area contributed by atoms with Crippen LogP contribution in [0.1, 0.15) is 38.3 Å². The monoisotopic (exact) mass is 318 g/mol. The van der Waals surface area contributed by atoms with Crippen LogP contribution < -0.4 is 5.32 Å². The average Bonchev–Trinajstić information content (AvgIpc) is 2.41. The van der Waals surface area contributed by atoms with Crippen molar-refractivity contribution in [1.82, 2.24) is 10.2 Å². The average molecular weight is 319 g/mol. The van der Waals surface area contributed by atoms with Crippen LogP contribution in [0.2, 0.25) is 0 Å². The Morgan fingerprint density at radius 2 is 1.60 bits per heavy atom. The van der Waals surface area contributed by atoms with Crippen molar-refractivity contribution >= 4 is 24.8 Å². The highest BCUT2D eigenvalue weighted by molar-refractivity contribution is 5.85. The first kappa shape index (κ1) is 19.7. The highest BCUT2D eigenvalue weighted by atomic mass is 35.5. The number of nitrogens with one attached hydrogen (secondary N) is 1. The van der Waals surface area contributed by atoms with E-state index < -0.39 is 0 Å². The van der Waals surface area contributed by atoms with Gasteiger partial charge in [-0.05, 0) is 24.3 Å². The van der Waals surface area contributed by atoms with Crippen LogP contribution in [0.15, 0.2) is 30.3 Å². The van der Waals surface area contributed by atoms with E-state index in [2.05, 4.69) is 54.4 Å². The summed E-state index contributed by atoms with van der Waals surface area (Å²) in [4.78, 5) is 2.65. The van der Waals surface area contributed by atoms with Gasteiger partial charge >= 0.3 is 0 Å². The van der Waals surface area contributed by atoms with E-state index in [1.165, 1.54) is 31.5 Å². The standard InChI is InChI=1S/C16H26N2.2ClH/c1-14(2)8-9-16(15-6-4-3-5-7-15)18-12-10-17-11-13-18;;/h3-7,14,16-17H,8-13H2,1-2H3;2*1H/t16-;;/m0../s1. The molecule has 0 bridgehead atoms. The molecule has 116 valence electrons. The van der Waals surface area contributed by atoms with Crippen molar-refractivity contribution in [1.29, 1.82) is 0 Å². The Kier molecular flexibility index (Phi) is 10.3. The molecule has 1 fully saturated rings. The first-order valence-electron chi connectivity index (χ1n) is 7.27. The van der Waals surface area contributed by atoms with Gasteiger partial charge in [0.15, 0.2) is 0 Å². The summed E-state index contributed by atoms with van der Waals surface area (Å²) in [5, 5.41) is 3.44. The molecule has 0 radical (unpaired) electrons. The Hall–Kier alpha value is -0.280. The van der Waals surface area contributed by atoms with E-state index in [0.29, 0.717) is 6.04 Å². The molecule has 1 heterocycles. The van der Waals surface area contributed by atoms with Crippen LogP contribution in [-0.4, -0.2) is 31.1 Å². The SMILES string of the molecule is CC(C)CC[C@@H](c1ccccc1)N1CCNCC1.Cl.Cl. The van der Waals surface area contributed by atoms with E-state index in [-0.39, 0.29) is 24.8 Å². The number of halogens is 2. The summed E-state index contributed by atoms with van der Waals surface area (Å²) in [6, 6.07) is 11.6. The summed E-state index contributed by atoms with van der Waals surface area (Å²) in [6.45, 7) is 9.25. The highest BCUT2D eigenvalue weighted by Gasteiger charge is 2.21. The largest absolute Gasteiger partial charge is 0.314 e. The molecule has 1 aromatic rings. The molecule has 2 nitrogen and oxygen atoms in total. The minimum Gasteiger partial charge on any atom is -0.314 e. The molecular formula is C16H28Cl2N2. The molecule has 1 N–H and O–H groups in total. The Morgan fingerprint density at radius 1 is 1.00 bits per heavy atom. The van der Waals surface area contributed by atoms with Gasteiger partial charge in [-0.15, -0.1) is 24.8 Å². The second-order valence-electron chi connectivity index (χ2n) is 5.68. The summed E-state index contributed by atoms with van der Waals surface area (Å²) in [5.41, 5.74) is 1.49. The number of hydrogen-bond donors (Lipinski definition) is 1. The summed E-state index contributed by atoms with van der Waals surface area (Å²) >= 11 is 0. The molecule has 0 amide bonds. The Morgan fingerprint density at radius 3 is 2.15 bits per heavy atom. The smallest absolute Gasteiger partial charge is 0.0349 e. The number of rotatable bonds is 5. The number of piperazine rings is 1. The summed E-state index contributed by atoms with van der Waals surface area (Å²) in [7, 11) is 0. The third kappa shape index (κ3) is 6.01. The van der Waals surface area contributed by atoms with E-state index in [1.807, 2.05) is 0 Å². The van der Waals surface area contributed by atoms with Crippen molar-refractivity contribution < 1.29 is 0 Å². The molecule has 0 saturated carbocycles. The van der Waals surface area contributed by atoms with Crippen molar-refractivity contribution in [3.8, 4) is 0 Å². The zero-order chi connectivity index (χ0) is 12.8. The minimum absolute atomic E-state index is 0. The lowest BCUT2D eigenvalue weighted by molar-refractivity contribution is 0.160. The maximum atomic E-state index is 3.44. The molecule has 1 aliphatic heterocycles. The molecule has 1 aromatic carbocycles. The fourth-order valence-electron chi connectivity index (χ4n) is 2.72. The predicted molar refractivity (Wildman–Crippen MR) is 92.2 cm³/mol. The summed E-state index contributed by atoms with van der Waals surface area (Å²) in [6.07, 6.45) is 2.59. The topological polar surface area (TPSA) is 15.3 Å². The molecule has 1 saturated heterocycles. The van der Waals surface area contributed by atoms with Gasteiger partial charge in [0, 0.05) is 32.2 Å². The van der Waals surface area contributed by atoms with Crippen molar-refractivity contribution in [2.24, 2.45) is 5.92 Å². The van der Waals surface area contributed by atoms with E-state index in [4.69, 9.17) is 0 Å². The lowest BCUT2D eigenvalue weighted by Gasteiger charge is -2.35. The molecule has 0 aliphatic carbocycles. The second kappa shape index (κ2) is 10.4. The van der Waals surface area contributed by atoms with Gasteiger partial charge in [-0.25, -0.2) is 0 Å². The zero-order valence-electron chi connectivity index (χ0n) is 12.5. The van der Waals surface area contributed by atoms with Crippen LogP contribution >= 0.6 is 24.8 Å². The highest BCUT2D eigenvalue weighted by Crippen LogP contribution is 2.27. The van der Waals surface area contributed by atoms with Crippen LogP contribution in [-0.2, 0) is 0 Å². The lowest BCUT2D eigenvalue weighted by Crippen LogP contribution is -2.45. The van der Waals surface area contributed by atoms with Gasteiger partial charge in [0.05, 0.1) is 0 Å². The van der Waals surface area contributed by atoms with Crippen molar-refractivity contribution in [3.05, 3.63) is 35.9 Å². The van der Waals surface area contributed by atoms with E-state index >= 15 is 0 Å². The van der Waals surface area contributed by atoms with Crippen molar-refractivity contribution in [3.63, 3.8) is 0 Å². The van der Waals surface area contributed by atoms with Crippen LogP contribution in [0.3, 0.4) is 0 Å². The van der Waals surface area contributed by atoms with Crippen LogP contribution in [0, 0.1) is 5.92 Å². The molecule has 1 aliphatic rings. The predicted octanol–water partition coefficient (Wildman–Crippen LogP) is 3.91. The quantitative estimate of drug-likeness (QED) is 0.885. The maximum Gasteiger partial charge on any atom is 0.0349 e. The fraction of sp³-hybridized carbons (Fsp3) is 0.625. The molecule has 0 spiro atoms. The van der Waals surface area contributed by atoms with Gasteiger partial charge in [0.25, 0.3) is 0 Å². The number of benzene rings is 1. The molecule has 2 rings (SSSR count). The van der Waals surface area contributed by atoms with Crippen molar-refractivity contribution in [2.75, 3.05) is 26.2 Å². The Bertz CT molecular complexity index is 338. The number of nitrogens with zero attached hydrogens (tertiary/aromatic N) is 1. The lowest BCUT2D eigenvalue weighted by atomic mass is 9.96. The van der Waals surface area contributed by atoms with Gasteiger partial charge in [0.1, 0.15) is 0 Å². The first-order valence-corrected chi connectivity index (χ1v) is 7.27. The van der Waals surface area contributed by atoms with Gasteiger partial charge in [-0.3, -0.25) is 4.90 Å². The van der Waals surface area contributed by atoms with Gasteiger partial charge in [0.2, 0.25) is 0 Å². The second-order valence-corrected chi connectivity index (χ2v) is 5.68. The normalized spacial score (nSPS) is 17.1. The third-order valence-corrected chi connectivity index (χ3v) is 3.79. The van der Waals surface area contributed by atoms with E-state index in [9.17, 15) is 0 Å². The van der Waals surface area contributed by atoms with Crippen LogP contribution in [0.4, 0.5) is 0 Å². The maximum absolute atomic E-state index is 3.44. The Labute approximate surface area is 136 Å². The molecule has 4 heteroatoms. The van der Waals surface area contributed by atoms with E-state index in [1.54, 1.807) is 0 Å². The van der Waals surface area contributed by atoms with Gasteiger partial charge in [-0.1, -0.05) is 44.2 Å².